The molecule has 2 heterocycles. The van der Waals surface area contributed by atoms with Crippen molar-refractivity contribution in [1.29, 1.82) is 0 Å². The van der Waals surface area contributed by atoms with Gasteiger partial charge in [-0.05, 0) is 35.6 Å². The summed E-state index contributed by atoms with van der Waals surface area (Å²) in [6.45, 7) is 2.61. The predicted molar refractivity (Wildman–Crippen MR) is 85.9 cm³/mol. The lowest BCUT2D eigenvalue weighted by molar-refractivity contribution is -0.131. The fourth-order valence-corrected chi connectivity index (χ4v) is 3.51. The molecule has 2 aromatic heterocycles. The highest BCUT2D eigenvalue weighted by Crippen LogP contribution is 2.19. The summed E-state index contributed by atoms with van der Waals surface area (Å²) >= 11 is 2.98. The van der Waals surface area contributed by atoms with Crippen molar-refractivity contribution >= 4 is 40.6 Å². The maximum Gasteiger partial charge on any atom is 0.328 e. The number of amides is 1. The Bertz CT molecular complexity index is 670. The van der Waals surface area contributed by atoms with Crippen LogP contribution in [0.4, 0.5) is 0 Å². The fourth-order valence-electron chi connectivity index (χ4n) is 1.81. The SMILES string of the molecule is CCc1ccsc1CNC(=O)c1csc(/C=C/C(=O)O)c1. The summed E-state index contributed by atoms with van der Waals surface area (Å²) in [4.78, 5) is 24.4. The standard InChI is InChI=1S/C15H15NO3S2/c1-2-10-5-6-20-13(10)8-16-15(19)11-7-12(21-9-11)3-4-14(17)18/h3-7,9H,2,8H2,1H3,(H,16,19)(H,17,18)/b4-3+. The predicted octanol–water partition coefficient (Wildman–Crippen LogP) is 3.40. The van der Waals surface area contributed by atoms with E-state index in [1.54, 1.807) is 22.8 Å². The van der Waals surface area contributed by atoms with Gasteiger partial charge in [0.05, 0.1) is 12.1 Å². The van der Waals surface area contributed by atoms with Gasteiger partial charge in [0.2, 0.25) is 0 Å². The first-order chi connectivity index (χ1) is 10.1. The van der Waals surface area contributed by atoms with Crippen molar-refractivity contribution in [3.05, 3.63) is 49.9 Å². The van der Waals surface area contributed by atoms with Crippen molar-refractivity contribution in [2.75, 3.05) is 0 Å². The van der Waals surface area contributed by atoms with E-state index in [1.165, 1.54) is 27.9 Å². The minimum absolute atomic E-state index is 0.142. The van der Waals surface area contributed by atoms with Crippen LogP contribution in [0.1, 0.15) is 32.6 Å². The van der Waals surface area contributed by atoms with E-state index in [2.05, 4.69) is 18.3 Å². The van der Waals surface area contributed by atoms with Crippen molar-refractivity contribution < 1.29 is 14.7 Å². The summed E-state index contributed by atoms with van der Waals surface area (Å²) in [6, 6.07) is 3.76. The van der Waals surface area contributed by atoms with E-state index >= 15 is 0 Å². The Hall–Kier alpha value is -1.92. The molecule has 0 aromatic carbocycles. The second kappa shape index (κ2) is 7.19. The minimum atomic E-state index is -1.00. The van der Waals surface area contributed by atoms with Gasteiger partial charge in [0, 0.05) is 21.2 Å². The zero-order valence-corrected chi connectivity index (χ0v) is 13.1. The average Bonchev–Trinajstić information content (AvgIpc) is 3.11. The molecule has 0 aliphatic carbocycles. The molecule has 0 aliphatic rings. The van der Waals surface area contributed by atoms with Crippen LogP contribution in [0.5, 0.6) is 0 Å². The molecule has 110 valence electrons. The van der Waals surface area contributed by atoms with Gasteiger partial charge in [0.15, 0.2) is 0 Å². The van der Waals surface area contributed by atoms with Crippen molar-refractivity contribution in [2.45, 2.75) is 19.9 Å². The van der Waals surface area contributed by atoms with E-state index < -0.39 is 5.97 Å². The van der Waals surface area contributed by atoms with E-state index in [1.807, 2.05) is 5.38 Å². The number of carbonyl (C=O) groups is 2. The third-order valence-electron chi connectivity index (χ3n) is 2.90. The number of carboxylic acid groups (broad SMARTS) is 1. The van der Waals surface area contributed by atoms with E-state index in [4.69, 9.17) is 5.11 Å². The molecule has 0 unspecified atom stereocenters. The van der Waals surface area contributed by atoms with Crippen LogP contribution in [0.3, 0.4) is 0 Å². The van der Waals surface area contributed by atoms with Crippen LogP contribution in [-0.4, -0.2) is 17.0 Å². The summed E-state index contributed by atoms with van der Waals surface area (Å²) in [6.07, 6.45) is 3.50. The highest BCUT2D eigenvalue weighted by Gasteiger charge is 2.09. The molecular weight excluding hydrogens is 306 g/mol. The molecule has 0 bridgehead atoms. The largest absolute Gasteiger partial charge is 0.478 e. The van der Waals surface area contributed by atoms with Gasteiger partial charge in [-0.15, -0.1) is 22.7 Å². The smallest absolute Gasteiger partial charge is 0.328 e. The average molecular weight is 321 g/mol. The normalized spacial score (nSPS) is 10.9. The molecule has 0 spiro atoms. The first-order valence-electron chi connectivity index (χ1n) is 6.43. The van der Waals surface area contributed by atoms with E-state index in [-0.39, 0.29) is 5.91 Å². The van der Waals surface area contributed by atoms with Crippen LogP contribution in [0.25, 0.3) is 6.08 Å². The van der Waals surface area contributed by atoms with Gasteiger partial charge >= 0.3 is 5.97 Å². The van der Waals surface area contributed by atoms with Gasteiger partial charge in [-0.1, -0.05) is 6.92 Å². The van der Waals surface area contributed by atoms with E-state index in [0.29, 0.717) is 12.1 Å². The number of carbonyl (C=O) groups excluding carboxylic acids is 1. The van der Waals surface area contributed by atoms with Crippen molar-refractivity contribution in [3.63, 3.8) is 0 Å². The zero-order chi connectivity index (χ0) is 15.2. The molecule has 0 fully saturated rings. The summed E-state index contributed by atoms with van der Waals surface area (Å²) in [5.41, 5.74) is 1.82. The number of aliphatic carboxylic acids is 1. The van der Waals surface area contributed by atoms with Crippen molar-refractivity contribution in [1.82, 2.24) is 5.32 Å². The molecular formula is C15H15NO3S2. The highest BCUT2D eigenvalue weighted by atomic mass is 32.1. The van der Waals surface area contributed by atoms with Crippen LogP contribution in [-0.2, 0) is 17.8 Å². The molecule has 2 aromatic rings. The number of rotatable bonds is 6. The molecule has 0 aliphatic heterocycles. The number of carboxylic acids is 1. The molecule has 0 saturated carbocycles. The molecule has 6 heteroatoms. The molecule has 2 N–H and O–H groups in total. The molecule has 0 saturated heterocycles. The van der Waals surface area contributed by atoms with Gasteiger partial charge in [-0.3, -0.25) is 4.79 Å². The lowest BCUT2D eigenvalue weighted by Gasteiger charge is -2.03. The van der Waals surface area contributed by atoms with Crippen LogP contribution in [0.2, 0.25) is 0 Å². The number of hydrogen-bond acceptors (Lipinski definition) is 4. The monoisotopic (exact) mass is 321 g/mol. The van der Waals surface area contributed by atoms with Gasteiger partial charge < -0.3 is 10.4 Å². The van der Waals surface area contributed by atoms with Crippen LogP contribution >= 0.6 is 22.7 Å². The van der Waals surface area contributed by atoms with Gasteiger partial charge in [-0.25, -0.2) is 4.79 Å². The number of nitrogens with one attached hydrogen (secondary N) is 1. The highest BCUT2D eigenvalue weighted by molar-refractivity contribution is 7.11. The van der Waals surface area contributed by atoms with Gasteiger partial charge in [-0.2, -0.15) is 0 Å². The maximum atomic E-state index is 12.1. The Labute approximate surface area is 130 Å². The number of aryl methyl sites for hydroxylation is 1. The van der Waals surface area contributed by atoms with Crippen molar-refractivity contribution in [3.8, 4) is 0 Å². The Kier molecular flexibility index (Phi) is 5.30. The Morgan fingerprint density at radius 2 is 2.19 bits per heavy atom. The molecule has 21 heavy (non-hydrogen) atoms. The zero-order valence-electron chi connectivity index (χ0n) is 11.5. The molecule has 0 atom stereocenters. The number of hydrogen-bond donors (Lipinski definition) is 2. The third-order valence-corrected chi connectivity index (χ3v) is 4.76. The summed E-state index contributed by atoms with van der Waals surface area (Å²) in [5, 5.41) is 15.2. The summed E-state index contributed by atoms with van der Waals surface area (Å²) in [5.74, 6) is -1.14. The molecule has 1 amide bonds. The second-order valence-electron chi connectivity index (χ2n) is 4.31. The summed E-state index contributed by atoms with van der Waals surface area (Å²) < 4.78 is 0. The van der Waals surface area contributed by atoms with Gasteiger partial charge in [0.1, 0.15) is 0 Å². The minimum Gasteiger partial charge on any atom is -0.478 e. The Balaban J connectivity index is 1.96. The quantitative estimate of drug-likeness (QED) is 0.801. The maximum absolute atomic E-state index is 12.1. The number of thiophene rings is 2. The Morgan fingerprint density at radius 1 is 1.38 bits per heavy atom. The first-order valence-corrected chi connectivity index (χ1v) is 8.19. The van der Waals surface area contributed by atoms with Crippen molar-refractivity contribution in [2.24, 2.45) is 0 Å². The molecule has 2 rings (SSSR count). The second-order valence-corrected chi connectivity index (χ2v) is 6.26. The third kappa shape index (κ3) is 4.27. The van der Waals surface area contributed by atoms with Crippen LogP contribution in [0.15, 0.2) is 29.0 Å². The topological polar surface area (TPSA) is 66.4 Å². The van der Waals surface area contributed by atoms with Crippen LogP contribution < -0.4 is 5.32 Å². The summed E-state index contributed by atoms with van der Waals surface area (Å²) in [7, 11) is 0. The fraction of sp³-hybridized carbons (Fsp3) is 0.200. The van der Waals surface area contributed by atoms with E-state index in [0.717, 1.165) is 17.4 Å². The van der Waals surface area contributed by atoms with E-state index in [9.17, 15) is 9.59 Å². The lowest BCUT2D eigenvalue weighted by atomic mass is 10.2. The molecule has 4 nitrogen and oxygen atoms in total. The lowest BCUT2D eigenvalue weighted by Crippen LogP contribution is -2.22. The Morgan fingerprint density at radius 3 is 2.90 bits per heavy atom. The van der Waals surface area contributed by atoms with Crippen LogP contribution in [0, 0.1) is 0 Å². The van der Waals surface area contributed by atoms with Gasteiger partial charge in [0.25, 0.3) is 5.91 Å². The molecule has 0 radical (unpaired) electrons. The first kappa shape index (κ1) is 15.5.